The molecule has 0 bridgehead atoms. The number of hydrogen-bond donors (Lipinski definition) is 0. The minimum atomic E-state index is -0.109. The van der Waals surface area contributed by atoms with E-state index >= 15 is 0 Å². The van der Waals surface area contributed by atoms with Crippen LogP contribution < -0.4 is 14.4 Å². The van der Waals surface area contributed by atoms with Crippen molar-refractivity contribution in [2.45, 2.75) is 19.3 Å². The van der Waals surface area contributed by atoms with Crippen LogP contribution in [0.5, 0.6) is 11.5 Å². The zero-order valence-electron chi connectivity index (χ0n) is 15.4. The van der Waals surface area contributed by atoms with E-state index in [4.69, 9.17) is 14.0 Å². The summed E-state index contributed by atoms with van der Waals surface area (Å²) in [5.41, 5.74) is 2.77. The van der Waals surface area contributed by atoms with Gasteiger partial charge in [0.25, 0.3) is 5.89 Å². The lowest BCUT2D eigenvalue weighted by Crippen LogP contribution is -2.25. The summed E-state index contributed by atoms with van der Waals surface area (Å²) < 4.78 is 16.7. The number of aryl methyl sites for hydroxylation is 1. The molecule has 3 heterocycles. The highest BCUT2D eigenvalue weighted by molar-refractivity contribution is 5.96. The second-order valence-electron chi connectivity index (χ2n) is 7.01. The van der Waals surface area contributed by atoms with E-state index in [9.17, 15) is 4.79 Å². The van der Waals surface area contributed by atoms with Crippen LogP contribution in [0.1, 0.15) is 23.7 Å². The number of carbonyl (C=O) groups is 1. The summed E-state index contributed by atoms with van der Waals surface area (Å²) in [6.07, 6.45) is 0.348. The molecule has 1 amide bonds. The number of amides is 1. The van der Waals surface area contributed by atoms with E-state index in [1.165, 1.54) is 0 Å². The van der Waals surface area contributed by atoms with E-state index in [1.807, 2.05) is 49.4 Å². The number of rotatable bonds is 3. The summed E-state index contributed by atoms with van der Waals surface area (Å²) in [6, 6.07) is 13.4. The first-order valence-corrected chi connectivity index (χ1v) is 9.28. The molecular formula is C21H19N3O4. The monoisotopic (exact) mass is 377 g/mol. The molecule has 1 aromatic heterocycles. The van der Waals surface area contributed by atoms with Crippen LogP contribution in [0.3, 0.4) is 0 Å². The Bertz CT molecular complexity index is 1050. The molecular weight excluding hydrogens is 358 g/mol. The van der Waals surface area contributed by atoms with Gasteiger partial charge in [-0.15, -0.1) is 0 Å². The van der Waals surface area contributed by atoms with Gasteiger partial charge in [-0.05, 0) is 30.7 Å². The summed E-state index contributed by atoms with van der Waals surface area (Å²) in [5, 5.41) is 4.14. The predicted octanol–water partition coefficient (Wildman–Crippen LogP) is 3.34. The molecule has 1 saturated heterocycles. The Balaban J connectivity index is 1.38. The summed E-state index contributed by atoms with van der Waals surface area (Å²) in [5.74, 6) is 2.34. The van der Waals surface area contributed by atoms with Crippen molar-refractivity contribution in [3.05, 3.63) is 53.9 Å². The average Bonchev–Trinajstić information content (AvgIpc) is 3.35. The lowest BCUT2D eigenvalue weighted by Gasteiger charge is -2.22. The van der Waals surface area contributed by atoms with Gasteiger partial charge in [-0.3, -0.25) is 4.79 Å². The Morgan fingerprint density at radius 1 is 1.07 bits per heavy atom. The van der Waals surface area contributed by atoms with Gasteiger partial charge in [-0.25, -0.2) is 0 Å². The number of carbonyl (C=O) groups excluding carboxylic acids is 1. The van der Waals surface area contributed by atoms with Gasteiger partial charge in [-0.2, -0.15) is 4.98 Å². The molecule has 7 nitrogen and oxygen atoms in total. The standard InChI is InChI=1S/C21H19N3O4/c1-13-4-2-3-5-16(13)21-22-20(23-28-21)14-10-19(25)24(12-14)15-6-7-17-18(11-15)27-9-8-26-17/h2-7,11,14H,8-10,12H2,1H3. The van der Waals surface area contributed by atoms with E-state index in [-0.39, 0.29) is 11.8 Å². The zero-order chi connectivity index (χ0) is 19.1. The molecule has 5 rings (SSSR count). The lowest BCUT2D eigenvalue weighted by atomic mass is 10.1. The highest BCUT2D eigenvalue weighted by Crippen LogP contribution is 2.37. The van der Waals surface area contributed by atoms with Crippen molar-refractivity contribution in [2.75, 3.05) is 24.7 Å². The smallest absolute Gasteiger partial charge is 0.258 e. The average molecular weight is 377 g/mol. The molecule has 0 saturated carbocycles. The fraction of sp³-hybridized carbons (Fsp3) is 0.286. The van der Waals surface area contributed by atoms with Gasteiger partial charge in [0, 0.05) is 36.2 Å². The fourth-order valence-electron chi connectivity index (χ4n) is 3.65. The molecule has 1 fully saturated rings. The van der Waals surface area contributed by atoms with Crippen LogP contribution in [0, 0.1) is 6.92 Å². The maximum atomic E-state index is 12.6. The van der Waals surface area contributed by atoms with Crippen LogP contribution in [0.4, 0.5) is 5.69 Å². The zero-order valence-corrected chi connectivity index (χ0v) is 15.4. The second kappa shape index (κ2) is 6.67. The van der Waals surface area contributed by atoms with E-state index < -0.39 is 0 Å². The van der Waals surface area contributed by atoms with Crippen molar-refractivity contribution in [2.24, 2.45) is 0 Å². The molecule has 7 heteroatoms. The summed E-state index contributed by atoms with van der Waals surface area (Å²) in [7, 11) is 0. The molecule has 2 aliphatic rings. The molecule has 0 aliphatic carbocycles. The molecule has 0 spiro atoms. The molecule has 28 heavy (non-hydrogen) atoms. The number of nitrogens with zero attached hydrogens (tertiary/aromatic N) is 3. The highest BCUT2D eigenvalue weighted by Gasteiger charge is 2.35. The van der Waals surface area contributed by atoms with Crippen LogP contribution in [0.15, 0.2) is 47.0 Å². The Morgan fingerprint density at radius 3 is 2.75 bits per heavy atom. The molecule has 142 valence electrons. The number of hydrogen-bond acceptors (Lipinski definition) is 6. The Morgan fingerprint density at radius 2 is 1.89 bits per heavy atom. The maximum absolute atomic E-state index is 12.6. The van der Waals surface area contributed by atoms with Gasteiger partial charge in [0.2, 0.25) is 5.91 Å². The van der Waals surface area contributed by atoms with Crippen molar-refractivity contribution < 1.29 is 18.8 Å². The number of aromatic nitrogens is 2. The lowest BCUT2D eigenvalue weighted by molar-refractivity contribution is -0.117. The first-order chi connectivity index (χ1) is 13.7. The van der Waals surface area contributed by atoms with Gasteiger partial charge in [0.1, 0.15) is 13.2 Å². The minimum absolute atomic E-state index is 0.0314. The molecule has 2 aromatic carbocycles. The molecule has 0 radical (unpaired) electrons. The van der Waals surface area contributed by atoms with Crippen molar-refractivity contribution in [1.29, 1.82) is 0 Å². The topological polar surface area (TPSA) is 77.7 Å². The summed E-state index contributed by atoms with van der Waals surface area (Å²) >= 11 is 0. The van der Waals surface area contributed by atoms with Crippen molar-refractivity contribution >= 4 is 11.6 Å². The Kier molecular flexibility index (Phi) is 4.00. The maximum Gasteiger partial charge on any atom is 0.258 e. The first-order valence-electron chi connectivity index (χ1n) is 9.28. The largest absolute Gasteiger partial charge is 0.486 e. The van der Waals surface area contributed by atoms with Gasteiger partial charge < -0.3 is 18.9 Å². The first kappa shape index (κ1) is 16.8. The summed E-state index contributed by atoms with van der Waals surface area (Å²) in [4.78, 5) is 18.9. The van der Waals surface area contributed by atoms with E-state index in [0.29, 0.717) is 49.4 Å². The van der Waals surface area contributed by atoms with Crippen LogP contribution in [0.2, 0.25) is 0 Å². The predicted molar refractivity (Wildman–Crippen MR) is 102 cm³/mol. The van der Waals surface area contributed by atoms with Crippen molar-refractivity contribution in [3.63, 3.8) is 0 Å². The van der Waals surface area contributed by atoms with Crippen LogP contribution in [0.25, 0.3) is 11.5 Å². The van der Waals surface area contributed by atoms with Crippen LogP contribution in [-0.2, 0) is 4.79 Å². The fourth-order valence-corrected chi connectivity index (χ4v) is 3.65. The number of benzene rings is 2. The van der Waals surface area contributed by atoms with E-state index in [0.717, 1.165) is 16.8 Å². The van der Waals surface area contributed by atoms with Gasteiger partial charge in [-0.1, -0.05) is 23.4 Å². The Hall–Kier alpha value is -3.35. The number of fused-ring (bicyclic) bond motifs is 1. The van der Waals surface area contributed by atoms with Gasteiger partial charge in [0.15, 0.2) is 17.3 Å². The molecule has 0 N–H and O–H groups in total. The molecule has 1 atom stereocenters. The number of ether oxygens (including phenoxy) is 2. The van der Waals surface area contributed by atoms with Crippen LogP contribution >= 0.6 is 0 Å². The molecule has 3 aromatic rings. The minimum Gasteiger partial charge on any atom is -0.486 e. The summed E-state index contributed by atoms with van der Waals surface area (Å²) in [6.45, 7) is 3.56. The quantitative estimate of drug-likeness (QED) is 0.697. The third-order valence-corrected chi connectivity index (χ3v) is 5.14. The molecule has 2 aliphatic heterocycles. The van der Waals surface area contributed by atoms with Gasteiger partial charge in [0.05, 0.1) is 0 Å². The highest BCUT2D eigenvalue weighted by atomic mass is 16.6. The van der Waals surface area contributed by atoms with Crippen molar-refractivity contribution in [3.8, 4) is 23.0 Å². The second-order valence-corrected chi connectivity index (χ2v) is 7.01. The SMILES string of the molecule is Cc1ccccc1-c1nc(C2CC(=O)N(c3ccc4c(c3)OCCO4)C2)no1. The normalized spacial score (nSPS) is 18.5. The van der Waals surface area contributed by atoms with E-state index in [1.54, 1.807) is 4.90 Å². The number of anilines is 1. The third-order valence-electron chi connectivity index (χ3n) is 5.14. The van der Waals surface area contributed by atoms with E-state index in [2.05, 4.69) is 10.1 Å². The third kappa shape index (κ3) is 2.89. The van der Waals surface area contributed by atoms with Crippen LogP contribution in [-0.4, -0.2) is 35.8 Å². The molecule has 1 unspecified atom stereocenters. The van der Waals surface area contributed by atoms with Crippen molar-refractivity contribution in [1.82, 2.24) is 10.1 Å². The van der Waals surface area contributed by atoms with Gasteiger partial charge >= 0.3 is 0 Å². The Labute approximate surface area is 161 Å².